The lowest BCUT2D eigenvalue weighted by atomic mass is 10.2. The van der Waals surface area contributed by atoms with Crippen LogP contribution in [0.15, 0.2) is 22.7 Å². The molecule has 0 aliphatic carbocycles. The number of benzene rings is 1. The molecule has 1 aromatic carbocycles. The van der Waals surface area contributed by atoms with Crippen LogP contribution in [0.3, 0.4) is 0 Å². The summed E-state index contributed by atoms with van der Waals surface area (Å²) in [6.45, 7) is 2.23. The van der Waals surface area contributed by atoms with Crippen LogP contribution in [0.4, 0.5) is 4.39 Å². The zero-order valence-corrected chi connectivity index (χ0v) is 10.9. The Hall–Kier alpha value is -0.0600. The number of rotatable bonds is 5. The molecule has 0 amide bonds. The van der Waals surface area contributed by atoms with Crippen molar-refractivity contribution in [2.75, 3.05) is 6.61 Å². The lowest BCUT2D eigenvalue weighted by Gasteiger charge is -2.09. The van der Waals surface area contributed by atoms with Gasteiger partial charge in [-0.1, -0.05) is 28.9 Å². The van der Waals surface area contributed by atoms with Crippen molar-refractivity contribution in [3.8, 4) is 0 Å². The summed E-state index contributed by atoms with van der Waals surface area (Å²) in [4.78, 5) is 0. The van der Waals surface area contributed by atoms with Gasteiger partial charge in [0.15, 0.2) is 0 Å². The number of aliphatic hydroxyl groups is 1. The van der Waals surface area contributed by atoms with E-state index in [1.165, 1.54) is 6.07 Å². The predicted molar refractivity (Wildman–Crippen MR) is 66.6 cm³/mol. The van der Waals surface area contributed by atoms with Crippen LogP contribution in [0.5, 0.6) is 0 Å². The van der Waals surface area contributed by atoms with Crippen LogP contribution in [-0.4, -0.2) is 17.0 Å². The van der Waals surface area contributed by atoms with Crippen molar-refractivity contribution in [1.82, 2.24) is 0 Å². The van der Waals surface area contributed by atoms with E-state index in [1.807, 2.05) is 13.0 Å². The van der Waals surface area contributed by atoms with Crippen molar-refractivity contribution in [1.29, 1.82) is 0 Å². The first kappa shape index (κ1) is 13.0. The number of aliphatic hydroxyl groups excluding tert-OH is 1. The van der Waals surface area contributed by atoms with E-state index in [9.17, 15) is 4.39 Å². The van der Waals surface area contributed by atoms with Crippen molar-refractivity contribution in [3.63, 3.8) is 0 Å². The summed E-state index contributed by atoms with van der Waals surface area (Å²) >= 11 is 4.88. The van der Waals surface area contributed by atoms with E-state index in [0.717, 1.165) is 10.9 Å². The predicted octanol–water partition coefficient (Wildman–Crippen LogP) is 3.59. The summed E-state index contributed by atoms with van der Waals surface area (Å²) in [5.41, 5.74) is 0.716. The molecule has 1 rings (SSSR count). The summed E-state index contributed by atoms with van der Waals surface area (Å²) in [5.74, 6) is 0.480. The Morgan fingerprint density at radius 3 is 2.87 bits per heavy atom. The van der Waals surface area contributed by atoms with Gasteiger partial charge in [-0.2, -0.15) is 11.8 Å². The van der Waals surface area contributed by atoms with E-state index < -0.39 is 0 Å². The van der Waals surface area contributed by atoms with E-state index in [4.69, 9.17) is 5.11 Å². The highest BCUT2D eigenvalue weighted by molar-refractivity contribution is 9.10. The molecule has 0 saturated carbocycles. The second-order valence-electron chi connectivity index (χ2n) is 3.37. The highest BCUT2D eigenvalue weighted by Gasteiger charge is 2.06. The molecule has 84 valence electrons. The van der Waals surface area contributed by atoms with Crippen molar-refractivity contribution in [3.05, 3.63) is 34.1 Å². The van der Waals surface area contributed by atoms with Crippen LogP contribution in [0.25, 0.3) is 0 Å². The van der Waals surface area contributed by atoms with Gasteiger partial charge >= 0.3 is 0 Å². The quantitative estimate of drug-likeness (QED) is 0.895. The average Bonchev–Trinajstić information content (AvgIpc) is 2.17. The van der Waals surface area contributed by atoms with E-state index in [1.54, 1.807) is 17.8 Å². The van der Waals surface area contributed by atoms with Gasteiger partial charge in [-0.15, -0.1) is 0 Å². The first-order chi connectivity index (χ1) is 7.13. The molecule has 0 spiro atoms. The third-order valence-corrected chi connectivity index (χ3v) is 3.85. The van der Waals surface area contributed by atoms with Gasteiger partial charge in [0.25, 0.3) is 0 Å². The van der Waals surface area contributed by atoms with Crippen LogP contribution in [0, 0.1) is 5.82 Å². The first-order valence-corrected chi connectivity index (χ1v) is 6.64. The topological polar surface area (TPSA) is 20.2 Å². The van der Waals surface area contributed by atoms with E-state index in [0.29, 0.717) is 16.6 Å². The molecule has 15 heavy (non-hydrogen) atoms. The minimum Gasteiger partial charge on any atom is -0.396 e. The maximum Gasteiger partial charge on any atom is 0.128 e. The Kier molecular flexibility index (Phi) is 5.64. The smallest absolute Gasteiger partial charge is 0.128 e. The van der Waals surface area contributed by atoms with Crippen LogP contribution >= 0.6 is 27.7 Å². The van der Waals surface area contributed by atoms with Gasteiger partial charge in [0.05, 0.1) is 0 Å². The molecular formula is C11H14BrFOS. The van der Waals surface area contributed by atoms with E-state index >= 15 is 0 Å². The maximum atomic E-state index is 13.4. The summed E-state index contributed by atoms with van der Waals surface area (Å²) in [7, 11) is 0. The zero-order chi connectivity index (χ0) is 11.3. The molecule has 0 aromatic heterocycles. The summed E-state index contributed by atoms with van der Waals surface area (Å²) in [6, 6.07) is 5.11. The molecule has 0 bridgehead atoms. The summed E-state index contributed by atoms with van der Waals surface area (Å²) in [6.07, 6.45) is 0.753. The monoisotopic (exact) mass is 292 g/mol. The Morgan fingerprint density at radius 1 is 1.53 bits per heavy atom. The molecule has 1 nitrogen and oxygen atoms in total. The Balaban J connectivity index is 2.50. The fraction of sp³-hybridized carbons (Fsp3) is 0.455. The van der Waals surface area contributed by atoms with Gasteiger partial charge in [-0.25, -0.2) is 4.39 Å². The summed E-state index contributed by atoms with van der Waals surface area (Å²) in [5, 5.41) is 9.09. The van der Waals surface area contributed by atoms with Gasteiger partial charge in [0, 0.05) is 22.1 Å². The summed E-state index contributed by atoms with van der Waals surface area (Å²) < 4.78 is 14.2. The molecular weight excluding hydrogens is 279 g/mol. The second-order valence-corrected chi connectivity index (χ2v) is 5.71. The Morgan fingerprint density at radius 2 is 2.27 bits per heavy atom. The van der Waals surface area contributed by atoms with E-state index in [2.05, 4.69) is 15.9 Å². The first-order valence-electron chi connectivity index (χ1n) is 4.80. The lowest BCUT2D eigenvalue weighted by molar-refractivity contribution is 0.289. The van der Waals surface area contributed by atoms with Crippen molar-refractivity contribution in [2.45, 2.75) is 24.3 Å². The van der Waals surface area contributed by atoms with Gasteiger partial charge in [-0.3, -0.25) is 0 Å². The molecule has 0 aliphatic heterocycles. The normalized spacial score (nSPS) is 12.8. The number of hydrogen-bond donors (Lipinski definition) is 1. The molecule has 1 atom stereocenters. The SMILES string of the molecule is CC(CCO)SCc1ccc(Br)cc1F. The van der Waals surface area contributed by atoms with Crippen molar-refractivity contribution < 1.29 is 9.50 Å². The molecule has 0 heterocycles. The highest BCUT2D eigenvalue weighted by atomic mass is 79.9. The second kappa shape index (κ2) is 6.51. The zero-order valence-electron chi connectivity index (χ0n) is 8.54. The molecule has 0 fully saturated rings. The van der Waals surface area contributed by atoms with Crippen LogP contribution in [0.1, 0.15) is 18.9 Å². The number of halogens is 2. The van der Waals surface area contributed by atoms with Gasteiger partial charge < -0.3 is 5.11 Å². The largest absolute Gasteiger partial charge is 0.396 e. The number of hydrogen-bond acceptors (Lipinski definition) is 2. The molecule has 0 saturated heterocycles. The minimum absolute atomic E-state index is 0.173. The van der Waals surface area contributed by atoms with Crippen molar-refractivity contribution >= 4 is 27.7 Å². The highest BCUT2D eigenvalue weighted by Crippen LogP contribution is 2.23. The Labute approximate surface area is 102 Å². The molecule has 1 aromatic rings. The third-order valence-electron chi connectivity index (χ3n) is 2.07. The van der Waals surface area contributed by atoms with Crippen LogP contribution in [0.2, 0.25) is 0 Å². The van der Waals surface area contributed by atoms with Crippen LogP contribution < -0.4 is 0 Å². The fourth-order valence-electron chi connectivity index (χ4n) is 1.14. The fourth-order valence-corrected chi connectivity index (χ4v) is 2.44. The molecule has 0 aliphatic rings. The van der Waals surface area contributed by atoms with Crippen molar-refractivity contribution in [2.24, 2.45) is 0 Å². The van der Waals surface area contributed by atoms with Gasteiger partial charge in [0.2, 0.25) is 0 Å². The van der Waals surface area contributed by atoms with Gasteiger partial charge in [-0.05, 0) is 24.1 Å². The lowest BCUT2D eigenvalue weighted by Crippen LogP contribution is -2.00. The Bertz CT molecular complexity index is 319. The molecule has 4 heteroatoms. The minimum atomic E-state index is -0.173. The average molecular weight is 293 g/mol. The molecule has 1 N–H and O–H groups in total. The maximum absolute atomic E-state index is 13.4. The van der Waals surface area contributed by atoms with Gasteiger partial charge in [0.1, 0.15) is 5.82 Å². The third kappa shape index (κ3) is 4.53. The number of thioether (sulfide) groups is 1. The molecule has 0 radical (unpaired) electrons. The molecule has 1 unspecified atom stereocenters. The standard InChI is InChI=1S/C11H14BrFOS/c1-8(4-5-14)15-7-9-2-3-10(12)6-11(9)13/h2-3,6,8,14H,4-5,7H2,1H3. The van der Waals surface area contributed by atoms with Crippen LogP contribution in [-0.2, 0) is 5.75 Å². The van der Waals surface area contributed by atoms with E-state index in [-0.39, 0.29) is 12.4 Å².